The van der Waals surface area contributed by atoms with E-state index in [2.05, 4.69) is 25.7 Å². The quantitative estimate of drug-likeness (QED) is 0.535. The number of hydrogen-bond acceptors (Lipinski definition) is 3. The molecule has 0 radical (unpaired) electrons. The summed E-state index contributed by atoms with van der Waals surface area (Å²) in [5.74, 6) is -1.33. The molecular weight excluding hydrogens is 210 g/mol. The molecule has 1 aromatic rings. The van der Waals surface area contributed by atoms with Crippen molar-refractivity contribution < 1.29 is 17.8 Å². The Labute approximate surface area is 81.0 Å². The lowest BCUT2D eigenvalue weighted by Gasteiger charge is -1.96. The topological polar surface area (TPSA) is 39.2 Å². The largest absolute Gasteiger partial charge is 0.464 e. The average Bonchev–Trinajstić information content (AvgIpc) is 2.17. The molecule has 0 fully saturated rings. The molecule has 0 aliphatic heterocycles. The van der Waals surface area contributed by atoms with Crippen LogP contribution in [0.4, 0.5) is 0 Å². The number of pyridine rings is 1. The van der Waals surface area contributed by atoms with Gasteiger partial charge in [0.2, 0.25) is 0 Å². The molecule has 0 saturated heterocycles. The van der Waals surface area contributed by atoms with E-state index in [1.165, 1.54) is 0 Å². The summed E-state index contributed by atoms with van der Waals surface area (Å²) in [7, 11) is -2.94. The van der Waals surface area contributed by atoms with Crippen molar-refractivity contribution in [2.75, 3.05) is 7.04 Å². The van der Waals surface area contributed by atoms with Crippen molar-refractivity contribution in [3.8, 4) is 0 Å². The van der Waals surface area contributed by atoms with Crippen molar-refractivity contribution in [2.45, 2.75) is 0 Å². The van der Waals surface area contributed by atoms with Crippen LogP contribution >= 0.6 is 15.9 Å². The van der Waals surface area contributed by atoms with Crippen LogP contribution in [0, 0.1) is 0 Å². The van der Waals surface area contributed by atoms with E-state index in [4.69, 9.17) is 8.22 Å². The van der Waals surface area contributed by atoms with Crippen LogP contribution in [0.15, 0.2) is 22.7 Å². The minimum Gasteiger partial charge on any atom is -0.464 e. The van der Waals surface area contributed by atoms with Crippen LogP contribution in [0.25, 0.3) is 0 Å². The van der Waals surface area contributed by atoms with Gasteiger partial charge in [0, 0.05) is 0 Å². The lowest BCUT2D eigenvalue weighted by atomic mass is 10.4. The molecule has 0 spiro atoms. The number of rotatable bonds is 1. The Morgan fingerprint density at radius 3 is 3.45 bits per heavy atom. The number of halogens is 1. The first-order valence-electron chi connectivity index (χ1n) is 5.50. The van der Waals surface area contributed by atoms with Gasteiger partial charge < -0.3 is 4.74 Å². The third-order valence-corrected chi connectivity index (χ3v) is 1.22. The third-order valence-electron chi connectivity index (χ3n) is 0.843. The summed E-state index contributed by atoms with van der Waals surface area (Å²) in [4.78, 5) is 14.9. The van der Waals surface area contributed by atoms with Crippen LogP contribution < -0.4 is 0 Å². The van der Waals surface area contributed by atoms with Crippen LogP contribution in [0.3, 0.4) is 0 Å². The fourth-order valence-corrected chi connectivity index (χ4v) is 0.718. The van der Waals surface area contributed by atoms with Gasteiger partial charge >= 0.3 is 5.97 Å². The van der Waals surface area contributed by atoms with Crippen molar-refractivity contribution in [2.24, 2.45) is 0 Å². The number of hydrogen-bond donors (Lipinski definition) is 0. The molecule has 1 aromatic heterocycles. The lowest BCUT2D eigenvalue weighted by molar-refractivity contribution is 0.0594. The molecule has 4 heteroatoms. The van der Waals surface area contributed by atoms with Gasteiger partial charge in [-0.3, -0.25) is 0 Å². The Morgan fingerprint density at radius 2 is 2.73 bits per heavy atom. The highest BCUT2D eigenvalue weighted by atomic mass is 79.9. The molecule has 0 unspecified atom stereocenters. The van der Waals surface area contributed by atoms with Crippen LogP contribution in [0.2, 0.25) is 0 Å². The van der Waals surface area contributed by atoms with E-state index >= 15 is 0 Å². The molecule has 0 atom stereocenters. The second kappa shape index (κ2) is 3.48. The first-order chi connectivity index (χ1) is 7.63. The molecule has 58 valence electrons. The Morgan fingerprint density at radius 1 is 1.91 bits per heavy atom. The normalized spacial score (nSPS) is 18.3. The van der Waals surface area contributed by atoms with Gasteiger partial charge in [0.25, 0.3) is 0 Å². The third kappa shape index (κ3) is 2.01. The van der Waals surface area contributed by atoms with Gasteiger partial charge in [0.15, 0.2) is 0 Å². The van der Waals surface area contributed by atoms with Crippen molar-refractivity contribution in [3.05, 3.63) is 28.4 Å². The zero-order chi connectivity index (χ0) is 13.4. The molecule has 0 amide bonds. The minimum atomic E-state index is -2.94. The minimum absolute atomic E-state index is 0.129. The number of carbonyl (C=O) groups is 1. The molecule has 1 rings (SSSR count). The van der Waals surface area contributed by atoms with Crippen molar-refractivity contribution in [3.63, 3.8) is 0 Å². The Hall–Kier alpha value is -0.900. The Bertz CT molecular complexity index is 474. The molecule has 0 N–H and O–H groups in total. The zero-order valence-electron chi connectivity index (χ0n) is 11.1. The predicted molar refractivity (Wildman–Crippen MR) is 43.3 cm³/mol. The number of ether oxygens (including phenoxy) is 1. The van der Waals surface area contributed by atoms with Crippen molar-refractivity contribution in [1.29, 1.82) is 0 Å². The van der Waals surface area contributed by atoms with Gasteiger partial charge in [-0.2, -0.15) is 0 Å². The summed E-state index contributed by atoms with van der Waals surface area (Å²) in [6.45, 7) is 0. The summed E-state index contributed by atoms with van der Waals surface area (Å²) >= 11 is 2.83. The SMILES string of the molecule is [2H]c1c(Br)nc(C(=O)OC([2H])([2H])[2H])c([2H])c1[2H]. The van der Waals surface area contributed by atoms with E-state index in [0.717, 1.165) is 0 Å². The molecule has 3 nitrogen and oxygen atoms in total. The van der Waals surface area contributed by atoms with Gasteiger partial charge in [0.1, 0.15) is 10.3 Å². The molecular formula is C7H6BrNO2. The van der Waals surface area contributed by atoms with E-state index in [-0.39, 0.29) is 10.6 Å². The Kier molecular flexibility index (Phi) is 1.02. The van der Waals surface area contributed by atoms with E-state index in [9.17, 15) is 4.79 Å². The van der Waals surface area contributed by atoms with Crippen molar-refractivity contribution >= 4 is 21.9 Å². The number of aromatic nitrogens is 1. The second-order valence-corrected chi connectivity index (χ2v) is 2.27. The number of methoxy groups -OCH3 is 1. The fraction of sp³-hybridized carbons (Fsp3) is 0.143. The molecule has 0 saturated carbocycles. The molecule has 0 bridgehead atoms. The standard InChI is InChI=1S/C7H6BrNO2/c1-11-7(10)5-3-2-4-6(8)9-5/h2-4H,1H3/i1D3,2D,3D,4D. The maximum Gasteiger partial charge on any atom is 0.356 e. The fourth-order valence-electron chi connectivity index (χ4n) is 0.441. The molecule has 0 aliphatic carbocycles. The first kappa shape index (κ1) is 3.23. The van der Waals surface area contributed by atoms with E-state index in [0.29, 0.717) is 0 Å². The van der Waals surface area contributed by atoms with Crippen LogP contribution in [0.1, 0.15) is 18.7 Å². The number of nitrogens with zero attached hydrogens (tertiary/aromatic N) is 1. The monoisotopic (exact) mass is 221 g/mol. The Balaban J connectivity index is 3.20. The molecule has 1 heterocycles. The molecule has 11 heavy (non-hydrogen) atoms. The highest BCUT2D eigenvalue weighted by molar-refractivity contribution is 9.10. The van der Waals surface area contributed by atoms with Gasteiger partial charge in [-0.1, -0.05) is 6.04 Å². The first-order valence-corrected chi connectivity index (χ1v) is 3.29. The van der Waals surface area contributed by atoms with Gasteiger partial charge in [0.05, 0.1) is 15.3 Å². The van der Waals surface area contributed by atoms with E-state index in [1.807, 2.05) is 0 Å². The van der Waals surface area contributed by atoms with Gasteiger partial charge in [-0.05, 0) is 28.0 Å². The highest BCUT2D eigenvalue weighted by Crippen LogP contribution is 2.06. The molecule has 0 aliphatic rings. The van der Waals surface area contributed by atoms with E-state index < -0.39 is 30.8 Å². The van der Waals surface area contributed by atoms with Crippen LogP contribution in [0.5, 0.6) is 0 Å². The smallest absolute Gasteiger partial charge is 0.356 e. The zero-order valence-corrected chi connectivity index (χ0v) is 6.73. The number of carbonyl (C=O) groups excluding carboxylic acids is 1. The maximum atomic E-state index is 11.4. The maximum absolute atomic E-state index is 11.4. The summed E-state index contributed by atoms with van der Waals surface area (Å²) < 4.78 is 46.2. The van der Waals surface area contributed by atoms with Crippen molar-refractivity contribution in [1.82, 2.24) is 4.98 Å². The highest BCUT2D eigenvalue weighted by Gasteiger charge is 2.05. The average molecular weight is 222 g/mol. The van der Waals surface area contributed by atoms with Crippen LogP contribution in [-0.2, 0) is 4.74 Å². The van der Waals surface area contributed by atoms with Crippen LogP contribution in [-0.4, -0.2) is 18.0 Å². The summed E-state index contributed by atoms with van der Waals surface area (Å²) in [5, 5.41) is 0. The van der Waals surface area contributed by atoms with E-state index in [1.54, 1.807) is 0 Å². The molecule has 0 aromatic carbocycles. The summed E-state index contributed by atoms with van der Waals surface area (Å²) in [6, 6.07) is -1.54. The predicted octanol–water partition coefficient (Wildman–Crippen LogP) is 1.63. The van der Waals surface area contributed by atoms with Gasteiger partial charge in [-0.15, -0.1) is 0 Å². The van der Waals surface area contributed by atoms with Gasteiger partial charge in [-0.25, -0.2) is 9.78 Å². The lowest BCUT2D eigenvalue weighted by Crippen LogP contribution is -2.03. The second-order valence-electron chi connectivity index (χ2n) is 1.52. The summed E-state index contributed by atoms with van der Waals surface area (Å²) in [5.41, 5.74) is -0.617. The summed E-state index contributed by atoms with van der Waals surface area (Å²) in [6.07, 6.45) is 0. The number of esters is 1.